The first-order valence-corrected chi connectivity index (χ1v) is 6.18. The third-order valence-corrected chi connectivity index (χ3v) is 3.34. The SMILES string of the molecule is CSC(=Nc1[nH]ncc1C(=N)N)SC. The minimum atomic E-state index is -0.0287. The Labute approximate surface area is 90.5 Å². The summed E-state index contributed by atoms with van der Waals surface area (Å²) in [5.41, 5.74) is 5.89. The fraction of sp³-hybridized carbons (Fsp3) is 0.286. The summed E-state index contributed by atoms with van der Waals surface area (Å²) in [6.45, 7) is 0. The number of amidine groups is 1. The second-order valence-corrected chi connectivity index (χ2v) is 4.18. The van der Waals surface area contributed by atoms with Crippen LogP contribution in [0.1, 0.15) is 5.56 Å². The number of aromatic amines is 1. The third kappa shape index (κ3) is 2.52. The number of thioether (sulfide) groups is 2. The maximum atomic E-state index is 7.29. The van der Waals surface area contributed by atoms with Gasteiger partial charge in [-0.05, 0) is 12.5 Å². The Kier molecular flexibility index (Phi) is 4.02. The molecule has 0 radical (unpaired) electrons. The smallest absolute Gasteiger partial charge is 0.160 e. The first-order valence-electron chi connectivity index (χ1n) is 3.73. The summed E-state index contributed by atoms with van der Waals surface area (Å²) in [6.07, 6.45) is 5.39. The molecule has 1 aromatic heterocycles. The van der Waals surface area contributed by atoms with Crippen molar-refractivity contribution in [3.05, 3.63) is 11.8 Å². The molecule has 0 aromatic carbocycles. The van der Waals surface area contributed by atoms with Crippen LogP contribution in [0.25, 0.3) is 0 Å². The van der Waals surface area contributed by atoms with Gasteiger partial charge < -0.3 is 5.73 Å². The molecule has 0 aliphatic carbocycles. The number of nitrogens with zero attached hydrogens (tertiary/aromatic N) is 2. The standard InChI is InChI=1S/C7H11N5S2/c1-13-7(14-2)11-6-4(5(8)9)3-10-12-6/h3H,1-2H3,(H3,8,9)(H,10,12). The molecule has 0 unspecified atom stereocenters. The highest BCUT2D eigenvalue weighted by molar-refractivity contribution is 8.38. The largest absolute Gasteiger partial charge is 0.384 e. The minimum Gasteiger partial charge on any atom is -0.384 e. The van der Waals surface area contributed by atoms with Gasteiger partial charge in [0, 0.05) is 0 Å². The number of hydrogen-bond acceptors (Lipinski definition) is 5. The molecule has 7 heteroatoms. The van der Waals surface area contributed by atoms with Gasteiger partial charge in [0.1, 0.15) is 10.2 Å². The van der Waals surface area contributed by atoms with Crippen LogP contribution in [0, 0.1) is 5.41 Å². The van der Waals surface area contributed by atoms with E-state index >= 15 is 0 Å². The second-order valence-electron chi connectivity index (χ2n) is 2.33. The Bertz CT molecular complexity index is 351. The van der Waals surface area contributed by atoms with Gasteiger partial charge in [0.25, 0.3) is 0 Å². The van der Waals surface area contributed by atoms with E-state index in [1.165, 1.54) is 6.20 Å². The molecule has 1 rings (SSSR count). The van der Waals surface area contributed by atoms with E-state index in [1.54, 1.807) is 23.5 Å². The zero-order chi connectivity index (χ0) is 10.6. The van der Waals surface area contributed by atoms with E-state index in [1.807, 2.05) is 12.5 Å². The zero-order valence-electron chi connectivity index (χ0n) is 7.87. The topological polar surface area (TPSA) is 90.9 Å². The molecule has 1 aromatic rings. The third-order valence-electron chi connectivity index (χ3n) is 1.46. The van der Waals surface area contributed by atoms with Crippen molar-refractivity contribution in [3.63, 3.8) is 0 Å². The van der Waals surface area contributed by atoms with E-state index in [0.29, 0.717) is 11.4 Å². The number of aliphatic imine (C=N–C) groups is 1. The molecule has 76 valence electrons. The van der Waals surface area contributed by atoms with Crippen LogP contribution in [0.15, 0.2) is 11.2 Å². The van der Waals surface area contributed by atoms with Gasteiger partial charge in [-0.2, -0.15) is 5.10 Å². The van der Waals surface area contributed by atoms with E-state index in [4.69, 9.17) is 11.1 Å². The number of nitrogen functional groups attached to an aromatic ring is 1. The Morgan fingerprint density at radius 3 is 2.71 bits per heavy atom. The van der Waals surface area contributed by atoms with Gasteiger partial charge in [-0.3, -0.25) is 10.5 Å². The average molecular weight is 229 g/mol. The van der Waals surface area contributed by atoms with E-state index < -0.39 is 0 Å². The molecule has 0 saturated carbocycles. The van der Waals surface area contributed by atoms with Gasteiger partial charge in [-0.25, -0.2) is 4.99 Å². The molecule has 0 aliphatic heterocycles. The molecule has 0 bridgehead atoms. The number of hydrogen-bond donors (Lipinski definition) is 3. The van der Waals surface area contributed by atoms with Gasteiger partial charge in [-0.15, -0.1) is 23.5 Å². The lowest BCUT2D eigenvalue weighted by Crippen LogP contribution is -2.10. The Balaban J connectivity index is 3.01. The maximum Gasteiger partial charge on any atom is 0.160 e. The van der Waals surface area contributed by atoms with Crippen LogP contribution in [-0.2, 0) is 0 Å². The lowest BCUT2D eigenvalue weighted by atomic mass is 10.3. The van der Waals surface area contributed by atoms with E-state index in [2.05, 4.69) is 15.2 Å². The van der Waals surface area contributed by atoms with Crippen LogP contribution in [0.4, 0.5) is 5.82 Å². The predicted molar refractivity (Wildman–Crippen MR) is 63.7 cm³/mol. The molecule has 14 heavy (non-hydrogen) atoms. The fourth-order valence-electron chi connectivity index (χ4n) is 0.828. The minimum absolute atomic E-state index is 0.0287. The Morgan fingerprint density at radius 2 is 2.21 bits per heavy atom. The van der Waals surface area contributed by atoms with Gasteiger partial charge in [-0.1, -0.05) is 0 Å². The summed E-state index contributed by atoms with van der Waals surface area (Å²) in [5, 5.41) is 13.8. The summed E-state index contributed by atoms with van der Waals surface area (Å²) in [6, 6.07) is 0. The molecule has 0 fully saturated rings. The van der Waals surface area contributed by atoms with Crippen molar-refractivity contribution in [1.82, 2.24) is 10.2 Å². The van der Waals surface area contributed by atoms with E-state index in [-0.39, 0.29) is 5.84 Å². The van der Waals surface area contributed by atoms with Crippen molar-refractivity contribution in [2.24, 2.45) is 10.7 Å². The van der Waals surface area contributed by atoms with Gasteiger partial charge >= 0.3 is 0 Å². The van der Waals surface area contributed by atoms with Crippen molar-refractivity contribution >= 4 is 39.6 Å². The van der Waals surface area contributed by atoms with Crippen LogP contribution < -0.4 is 5.73 Å². The summed E-state index contributed by atoms with van der Waals surface area (Å²) < 4.78 is 0.900. The predicted octanol–water partition coefficient (Wildman–Crippen LogP) is 1.41. The van der Waals surface area contributed by atoms with Crippen LogP contribution in [0.3, 0.4) is 0 Å². The molecule has 0 atom stereocenters. The maximum absolute atomic E-state index is 7.29. The van der Waals surface area contributed by atoms with Crippen LogP contribution in [-0.4, -0.2) is 32.9 Å². The molecule has 0 amide bonds. The van der Waals surface area contributed by atoms with Crippen molar-refractivity contribution < 1.29 is 0 Å². The summed E-state index contributed by atoms with van der Waals surface area (Å²) in [4.78, 5) is 4.28. The van der Waals surface area contributed by atoms with Crippen LogP contribution >= 0.6 is 23.5 Å². The molecule has 0 spiro atoms. The average Bonchev–Trinajstić information content (AvgIpc) is 2.62. The summed E-state index contributed by atoms with van der Waals surface area (Å²) >= 11 is 3.08. The van der Waals surface area contributed by atoms with Crippen molar-refractivity contribution in [2.45, 2.75) is 0 Å². The number of nitrogens with one attached hydrogen (secondary N) is 2. The molecular formula is C7H11N5S2. The summed E-state index contributed by atoms with van der Waals surface area (Å²) in [7, 11) is 0. The molecule has 1 heterocycles. The lowest BCUT2D eigenvalue weighted by molar-refractivity contribution is 1.08. The number of rotatable bonds is 2. The first kappa shape index (κ1) is 11.1. The highest BCUT2D eigenvalue weighted by Gasteiger charge is 2.07. The quantitative estimate of drug-likeness (QED) is 0.528. The second kappa shape index (κ2) is 5.06. The Morgan fingerprint density at radius 1 is 1.57 bits per heavy atom. The van der Waals surface area contributed by atoms with Gasteiger partial charge in [0.2, 0.25) is 0 Å². The number of H-pyrrole nitrogens is 1. The molecule has 0 aliphatic rings. The molecule has 0 saturated heterocycles. The highest BCUT2D eigenvalue weighted by atomic mass is 32.2. The molecule has 4 N–H and O–H groups in total. The number of nitrogens with two attached hydrogens (primary N) is 1. The monoisotopic (exact) mass is 229 g/mol. The lowest BCUT2D eigenvalue weighted by Gasteiger charge is -1.98. The molecular weight excluding hydrogens is 218 g/mol. The highest BCUT2D eigenvalue weighted by Crippen LogP contribution is 2.20. The van der Waals surface area contributed by atoms with Crippen molar-refractivity contribution in [3.8, 4) is 0 Å². The fourth-order valence-corrected chi connectivity index (χ4v) is 1.86. The van der Waals surface area contributed by atoms with Crippen molar-refractivity contribution in [1.29, 1.82) is 5.41 Å². The van der Waals surface area contributed by atoms with Crippen molar-refractivity contribution in [2.75, 3.05) is 12.5 Å². The summed E-state index contributed by atoms with van der Waals surface area (Å²) in [5.74, 6) is 0.509. The van der Waals surface area contributed by atoms with Gasteiger partial charge in [0.15, 0.2) is 5.82 Å². The van der Waals surface area contributed by atoms with Crippen LogP contribution in [0.5, 0.6) is 0 Å². The van der Waals surface area contributed by atoms with Gasteiger partial charge in [0.05, 0.1) is 11.8 Å². The van der Waals surface area contributed by atoms with Crippen LogP contribution in [0.2, 0.25) is 0 Å². The zero-order valence-corrected chi connectivity index (χ0v) is 9.50. The van der Waals surface area contributed by atoms with E-state index in [9.17, 15) is 0 Å². The Hall–Kier alpha value is -0.950. The molecule has 5 nitrogen and oxygen atoms in total. The normalized spacial score (nSPS) is 9.86. The first-order chi connectivity index (χ1) is 6.69. The number of aromatic nitrogens is 2. The van der Waals surface area contributed by atoms with E-state index in [0.717, 1.165) is 4.38 Å².